The summed E-state index contributed by atoms with van der Waals surface area (Å²) >= 11 is 0. The van der Waals surface area contributed by atoms with Crippen LogP contribution in [-0.2, 0) is 6.61 Å². The summed E-state index contributed by atoms with van der Waals surface area (Å²) in [5, 5.41) is 18.9. The van der Waals surface area contributed by atoms with Crippen molar-refractivity contribution in [3.05, 3.63) is 77.5 Å². The van der Waals surface area contributed by atoms with Crippen LogP contribution >= 0.6 is 0 Å². The van der Waals surface area contributed by atoms with Crippen LogP contribution < -0.4 is 4.74 Å². The van der Waals surface area contributed by atoms with Crippen molar-refractivity contribution in [2.75, 3.05) is 26.2 Å². The summed E-state index contributed by atoms with van der Waals surface area (Å²) in [6.45, 7) is 7.47. The molecule has 0 amide bonds. The fourth-order valence-electron chi connectivity index (χ4n) is 5.31. The fraction of sp³-hybridized carbons (Fsp3) is 0.333. The van der Waals surface area contributed by atoms with Gasteiger partial charge in [-0.05, 0) is 74.3 Å². The summed E-state index contributed by atoms with van der Waals surface area (Å²) in [7, 11) is 0. The SMILES string of the molecule is CCN1CCC[C@@H](COc2cc(-c3ccc(C#N)cc3)c(-c3cc(C)c(CO)c(F)c3)n3cncc23)C1. The molecule has 1 N–H and O–H groups in total. The molecular weight excluding hydrogens is 467 g/mol. The molecule has 3 heterocycles. The highest BCUT2D eigenvalue weighted by Crippen LogP contribution is 2.39. The molecule has 7 heteroatoms. The van der Waals surface area contributed by atoms with Crippen molar-refractivity contribution in [3.63, 3.8) is 0 Å². The lowest BCUT2D eigenvalue weighted by Crippen LogP contribution is -2.37. The van der Waals surface area contributed by atoms with Gasteiger partial charge in [0.05, 0.1) is 43.1 Å². The van der Waals surface area contributed by atoms with Gasteiger partial charge in [0, 0.05) is 29.2 Å². The van der Waals surface area contributed by atoms with Crippen molar-refractivity contribution in [3.8, 4) is 34.2 Å². The Balaban J connectivity index is 1.63. The highest BCUT2D eigenvalue weighted by Gasteiger charge is 2.22. The number of hydrogen-bond donors (Lipinski definition) is 1. The number of pyridine rings is 1. The Morgan fingerprint density at radius 1 is 1.19 bits per heavy atom. The lowest BCUT2D eigenvalue weighted by molar-refractivity contribution is 0.135. The summed E-state index contributed by atoms with van der Waals surface area (Å²) in [6, 6.07) is 14.9. The van der Waals surface area contributed by atoms with Crippen LogP contribution in [0.25, 0.3) is 27.9 Å². The van der Waals surface area contributed by atoms with Crippen LogP contribution in [0.15, 0.2) is 55.0 Å². The number of piperidine rings is 1. The molecule has 1 aliphatic rings. The maximum Gasteiger partial charge on any atom is 0.145 e. The zero-order valence-electron chi connectivity index (χ0n) is 21.2. The molecule has 0 spiro atoms. The molecule has 1 fully saturated rings. The van der Waals surface area contributed by atoms with Gasteiger partial charge in [0.1, 0.15) is 17.1 Å². The normalized spacial score (nSPS) is 16.1. The predicted octanol–water partition coefficient (Wildman–Crippen LogP) is 5.59. The number of benzene rings is 2. The number of rotatable bonds is 7. The summed E-state index contributed by atoms with van der Waals surface area (Å²) < 4.78 is 23.4. The zero-order valence-corrected chi connectivity index (χ0v) is 21.2. The van der Waals surface area contributed by atoms with E-state index in [0.29, 0.717) is 34.8 Å². The number of fused-ring (bicyclic) bond motifs is 1. The summed E-state index contributed by atoms with van der Waals surface area (Å²) in [6.07, 6.45) is 5.81. The maximum atomic E-state index is 15.0. The van der Waals surface area contributed by atoms with E-state index in [1.165, 1.54) is 12.5 Å². The standard InChI is InChI=1S/C30H31FN4O2/c1-3-34-10-4-5-22(16-34)18-37-29-13-25(23-8-6-21(14-32)7-9-23)30(35-19-33-15-28(29)35)24-11-20(2)26(17-36)27(31)12-24/h6-9,11-13,15,19,22,36H,3-5,10,16-18H2,1-2H3/t22-/m1/s1. The van der Waals surface area contributed by atoms with Gasteiger partial charge in [-0.1, -0.05) is 19.1 Å². The van der Waals surface area contributed by atoms with Gasteiger partial charge in [0.2, 0.25) is 0 Å². The molecule has 37 heavy (non-hydrogen) atoms. The first kappa shape index (κ1) is 24.9. The van der Waals surface area contributed by atoms with E-state index in [4.69, 9.17) is 4.74 Å². The Hall–Kier alpha value is -3.73. The largest absolute Gasteiger partial charge is 0.491 e. The van der Waals surface area contributed by atoms with Crippen LogP contribution in [0.2, 0.25) is 0 Å². The van der Waals surface area contributed by atoms with Crippen molar-refractivity contribution in [2.24, 2.45) is 5.92 Å². The average molecular weight is 499 g/mol. The number of ether oxygens (including phenoxy) is 1. The van der Waals surface area contributed by atoms with Crippen LogP contribution in [0.4, 0.5) is 4.39 Å². The first-order chi connectivity index (χ1) is 18.0. The molecule has 6 nitrogen and oxygen atoms in total. The second-order valence-electron chi connectivity index (χ2n) is 9.73. The molecule has 1 aliphatic heterocycles. The van der Waals surface area contributed by atoms with E-state index in [9.17, 15) is 14.8 Å². The van der Waals surface area contributed by atoms with E-state index in [1.54, 1.807) is 31.6 Å². The second-order valence-corrected chi connectivity index (χ2v) is 9.73. The lowest BCUT2D eigenvalue weighted by Gasteiger charge is -2.31. The topological polar surface area (TPSA) is 73.8 Å². The number of halogens is 1. The van der Waals surface area contributed by atoms with Crippen molar-refractivity contribution < 1.29 is 14.2 Å². The molecule has 190 valence electrons. The van der Waals surface area contributed by atoms with Gasteiger partial charge < -0.3 is 14.7 Å². The van der Waals surface area contributed by atoms with E-state index in [1.807, 2.05) is 28.7 Å². The zero-order chi connectivity index (χ0) is 25.9. The van der Waals surface area contributed by atoms with E-state index >= 15 is 0 Å². The Bertz CT molecular complexity index is 1430. The molecule has 4 aromatic rings. The van der Waals surface area contributed by atoms with E-state index < -0.39 is 5.82 Å². The molecule has 0 unspecified atom stereocenters. The van der Waals surface area contributed by atoms with Gasteiger partial charge in [-0.25, -0.2) is 9.37 Å². The fourth-order valence-corrected chi connectivity index (χ4v) is 5.31. The van der Waals surface area contributed by atoms with E-state index in [0.717, 1.165) is 54.1 Å². The summed E-state index contributed by atoms with van der Waals surface area (Å²) in [4.78, 5) is 6.87. The molecule has 0 aliphatic carbocycles. The Morgan fingerprint density at radius 3 is 2.70 bits per heavy atom. The third kappa shape index (κ3) is 4.95. The third-order valence-corrected chi connectivity index (χ3v) is 7.36. The van der Waals surface area contributed by atoms with Gasteiger partial charge in [0.25, 0.3) is 0 Å². The predicted molar refractivity (Wildman–Crippen MR) is 142 cm³/mol. The lowest BCUT2D eigenvalue weighted by atomic mass is 9.95. The van der Waals surface area contributed by atoms with Crippen molar-refractivity contribution in [1.82, 2.24) is 14.3 Å². The quantitative estimate of drug-likeness (QED) is 0.360. The Morgan fingerprint density at radius 2 is 2.00 bits per heavy atom. The monoisotopic (exact) mass is 498 g/mol. The van der Waals surface area contributed by atoms with Gasteiger partial charge in [-0.15, -0.1) is 0 Å². The van der Waals surface area contributed by atoms with Crippen LogP contribution in [0.3, 0.4) is 0 Å². The van der Waals surface area contributed by atoms with Gasteiger partial charge in [0.15, 0.2) is 0 Å². The van der Waals surface area contributed by atoms with Crippen molar-refractivity contribution in [2.45, 2.75) is 33.3 Å². The third-order valence-electron chi connectivity index (χ3n) is 7.36. The van der Waals surface area contributed by atoms with Crippen LogP contribution in [0.1, 0.15) is 36.5 Å². The van der Waals surface area contributed by atoms with Crippen LogP contribution in [0.5, 0.6) is 5.75 Å². The van der Waals surface area contributed by atoms with Gasteiger partial charge in [-0.2, -0.15) is 5.26 Å². The molecule has 0 radical (unpaired) electrons. The smallest absolute Gasteiger partial charge is 0.145 e. The number of aryl methyl sites for hydroxylation is 1. The minimum atomic E-state index is -0.449. The molecule has 1 atom stereocenters. The highest BCUT2D eigenvalue weighted by molar-refractivity contribution is 5.86. The number of imidazole rings is 1. The first-order valence-corrected chi connectivity index (χ1v) is 12.8. The molecule has 2 aromatic heterocycles. The molecule has 0 bridgehead atoms. The molecule has 1 saturated heterocycles. The first-order valence-electron chi connectivity index (χ1n) is 12.8. The molecule has 5 rings (SSSR count). The summed E-state index contributed by atoms with van der Waals surface area (Å²) in [5.74, 6) is 0.727. The van der Waals surface area contributed by atoms with Crippen molar-refractivity contribution in [1.29, 1.82) is 5.26 Å². The molecular formula is C30H31FN4O2. The van der Waals surface area contributed by atoms with E-state index in [2.05, 4.69) is 22.9 Å². The summed E-state index contributed by atoms with van der Waals surface area (Å²) in [5.41, 5.74) is 5.51. The van der Waals surface area contributed by atoms with Crippen LogP contribution in [0, 0.1) is 30.0 Å². The van der Waals surface area contributed by atoms with E-state index in [-0.39, 0.29) is 6.61 Å². The number of likely N-dealkylation sites (tertiary alicyclic amines) is 1. The van der Waals surface area contributed by atoms with Crippen molar-refractivity contribution >= 4 is 5.52 Å². The minimum absolute atomic E-state index is 0.291. The van der Waals surface area contributed by atoms with Gasteiger partial charge >= 0.3 is 0 Å². The second kappa shape index (κ2) is 10.7. The van der Waals surface area contributed by atoms with Gasteiger partial charge in [-0.3, -0.25) is 4.40 Å². The maximum absolute atomic E-state index is 15.0. The Kier molecular flexibility index (Phi) is 7.22. The Labute approximate surface area is 216 Å². The molecule has 0 saturated carbocycles. The number of aromatic nitrogens is 2. The highest BCUT2D eigenvalue weighted by atomic mass is 19.1. The minimum Gasteiger partial charge on any atom is -0.491 e. The number of hydrogen-bond acceptors (Lipinski definition) is 5. The molecule has 2 aromatic carbocycles. The number of nitrogens with zero attached hydrogens (tertiary/aromatic N) is 4. The number of aliphatic hydroxyl groups is 1. The van der Waals surface area contributed by atoms with Crippen LogP contribution in [-0.4, -0.2) is 45.6 Å². The average Bonchev–Trinajstić information content (AvgIpc) is 3.41. The number of nitriles is 1. The number of aliphatic hydroxyl groups excluding tert-OH is 1.